The normalized spacial score (nSPS) is 13.5. The van der Waals surface area contributed by atoms with E-state index in [1.54, 1.807) is 18.2 Å². The molecule has 1 aliphatic rings. The van der Waals surface area contributed by atoms with E-state index in [9.17, 15) is 9.59 Å². The van der Waals surface area contributed by atoms with E-state index in [-0.39, 0.29) is 12.3 Å². The summed E-state index contributed by atoms with van der Waals surface area (Å²) in [7, 11) is 0. The molecule has 4 nitrogen and oxygen atoms in total. The molecule has 0 unspecified atom stereocenters. The van der Waals surface area contributed by atoms with Gasteiger partial charge < -0.3 is 11.1 Å². The molecule has 5 heteroatoms. The Bertz CT molecular complexity index is 1020. The van der Waals surface area contributed by atoms with Crippen LogP contribution in [0.25, 0.3) is 11.1 Å². The number of nitrogens with one attached hydrogen (secondary N) is 1. The third-order valence-corrected chi connectivity index (χ3v) is 5.32. The topological polar surface area (TPSA) is 72.2 Å². The molecule has 3 aromatic rings. The van der Waals surface area contributed by atoms with Crippen LogP contribution in [0, 0.1) is 0 Å². The molecule has 1 atom stereocenters. The van der Waals surface area contributed by atoms with Gasteiger partial charge in [0.15, 0.2) is 0 Å². The fraction of sp³-hybridized carbons (Fsp3) is 0.130. The molecule has 0 spiro atoms. The van der Waals surface area contributed by atoms with Gasteiger partial charge in [0.1, 0.15) is 6.04 Å². The minimum absolute atomic E-state index is 0.233. The zero-order valence-corrected chi connectivity index (χ0v) is 15.8. The van der Waals surface area contributed by atoms with E-state index in [4.69, 9.17) is 17.3 Å². The maximum atomic E-state index is 13.2. The third-order valence-electron chi connectivity index (χ3n) is 5.08. The van der Waals surface area contributed by atoms with E-state index in [2.05, 4.69) is 5.32 Å². The van der Waals surface area contributed by atoms with Crippen molar-refractivity contribution in [1.29, 1.82) is 0 Å². The smallest absolute Gasteiger partial charge is 0.240 e. The zero-order chi connectivity index (χ0) is 19.7. The Morgan fingerprint density at radius 3 is 2.11 bits per heavy atom. The summed E-state index contributed by atoms with van der Waals surface area (Å²) in [4.78, 5) is 25.2. The van der Waals surface area contributed by atoms with Crippen molar-refractivity contribution in [2.24, 2.45) is 5.73 Å². The zero-order valence-electron chi connectivity index (χ0n) is 15.1. The first-order valence-electron chi connectivity index (χ1n) is 9.07. The second-order valence-corrected chi connectivity index (χ2v) is 7.34. The minimum Gasteiger partial charge on any atom is -0.368 e. The highest BCUT2D eigenvalue weighted by atomic mass is 35.5. The molecule has 0 saturated heterocycles. The van der Waals surface area contributed by atoms with Gasteiger partial charge in [0.25, 0.3) is 0 Å². The molecule has 0 saturated carbocycles. The summed E-state index contributed by atoms with van der Waals surface area (Å²) in [5.41, 5.74) is 10.4. The monoisotopic (exact) mass is 390 g/mol. The Kier molecular flexibility index (Phi) is 4.88. The van der Waals surface area contributed by atoms with Crippen LogP contribution in [0.15, 0.2) is 72.8 Å². The average Bonchev–Trinajstić information content (AvgIpc) is 3.02. The van der Waals surface area contributed by atoms with Crippen LogP contribution < -0.4 is 11.1 Å². The summed E-state index contributed by atoms with van der Waals surface area (Å²) in [6, 6.07) is 22.1. The van der Waals surface area contributed by atoms with E-state index >= 15 is 0 Å². The van der Waals surface area contributed by atoms with Gasteiger partial charge >= 0.3 is 0 Å². The van der Waals surface area contributed by atoms with Gasteiger partial charge in [-0.1, -0.05) is 72.3 Å². The van der Waals surface area contributed by atoms with Gasteiger partial charge in [-0.05, 0) is 39.9 Å². The number of rotatable bonds is 5. The first-order valence-corrected chi connectivity index (χ1v) is 9.45. The number of carbonyl (C=O) groups excluding carboxylic acids is 2. The van der Waals surface area contributed by atoms with Crippen LogP contribution in [-0.4, -0.2) is 17.9 Å². The highest BCUT2D eigenvalue weighted by Gasteiger charge is 2.34. The van der Waals surface area contributed by atoms with Crippen molar-refractivity contribution in [3.05, 3.63) is 94.5 Å². The molecule has 4 rings (SSSR count). The number of fused-ring (bicyclic) bond motifs is 3. The standard InChI is InChI=1S/C23H19ClN2O2/c24-15-7-5-6-14(12-15)13-20(22(25)27)26-23(28)21-18-10-3-1-8-16(18)17-9-2-4-11-19(17)21/h1-12,20-21H,13H2,(H2,25,27)(H,26,28)/t20-/m1/s1. The number of nitrogens with two attached hydrogens (primary N) is 1. The van der Waals surface area contributed by atoms with E-state index in [1.165, 1.54) is 0 Å². The van der Waals surface area contributed by atoms with Gasteiger partial charge in [-0.2, -0.15) is 0 Å². The summed E-state index contributed by atoms with van der Waals surface area (Å²) in [5.74, 6) is -1.27. The Morgan fingerprint density at radius 1 is 0.929 bits per heavy atom. The van der Waals surface area contributed by atoms with Crippen molar-refractivity contribution >= 4 is 23.4 Å². The van der Waals surface area contributed by atoms with E-state index in [0.717, 1.165) is 27.8 Å². The molecule has 28 heavy (non-hydrogen) atoms. The summed E-state index contributed by atoms with van der Waals surface area (Å²) in [6.45, 7) is 0. The van der Waals surface area contributed by atoms with E-state index in [0.29, 0.717) is 5.02 Å². The SMILES string of the molecule is NC(=O)[C@@H](Cc1cccc(Cl)c1)NC(=O)C1c2ccccc2-c2ccccc21. The molecule has 140 valence electrons. The van der Waals surface area contributed by atoms with Crippen LogP contribution in [-0.2, 0) is 16.0 Å². The first-order chi connectivity index (χ1) is 13.5. The van der Waals surface area contributed by atoms with Crippen LogP contribution in [0.2, 0.25) is 5.02 Å². The minimum atomic E-state index is -0.814. The second-order valence-electron chi connectivity index (χ2n) is 6.91. The molecule has 0 aliphatic heterocycles. The molecule has 0 heterocycles. The predicted octanol–water partition coefficient (Wildman–Crippen LogP) is 3.67. The number of primary amides is 1. The fourth-order valence-corrected chi connectivity index (χ4v) is 4.03. The predicted molar refractivity (Wildman–Crippen MR) is 110 cm³/mol. The average molecular weight is 391 g/mol. The lowest BCUT2D eigenvalue weighted by molar-refractivity contribution is -0.127. The lowest BCUT2D eigenvalue weighted by atomic mass is 9.95. The van der Waals surface area contributed by atoms with Crippen molar-refractivity contribution in [2.75, 3.05) is 0 Å². The quantitative estimate of drug-likeness (QED) is 0.697. The maximum absolute atomic E-state index is 13.2. The van der Waals surface area contributed by atoms with Gasteiger partial charge in [-0.3, -0.25) is 9.59 Å². The number of benzene rings is 3. The van der Waals surface area contributed by atoms with Crippen molar-refractivity contribution < 1.29 is 9.59 Å². The largest absolute Gasteiger partial charge is 0.368 e. The van der Waals surface area contributed by atoms with Gasteiger partial charge in [-0.15, -0.1) is 0 Å². The number of hydrogen-bond acceptors (Lipinski definition) is 2. The molecule has 0 bridgehead atoms. The molecule has 3 aromatic carbocycles. The highest BCUT2D eigenvalue weighted by molar-refractivity contribution is 6.30. The maximum Gasteiger partial charge on any atom is 0.240 e. The third kappa shape index (κ3) is 3.39. The number of carbonyl (C=O) groups is 2. The van der Waals surface area contributed by atoms with Crippen molar-refractivity contribution in [2.45, 2.75) is 18.4 Å². The molecular formula is C23H19ClN2O2. The summed E-state index contributed by atoms with van der Waals surface area (Å²) < 4.78 is 0. The molecule has 2 amide bonds. The molecule has 3 N–H and O–H groups in total. The van der Waals surface area contributed by atoms with Gasteiger partial charge in [0.2, 0.25) is 11.8 Å². The Hall–Kier alpha value is -3.11. The Balaban J connectivity index is 1.62. The number of amides is 2. The highest BCUT2D eigenvalue weighted by Crippen LogP contribution is 2.44. The molecule has 0 fully saturated rings. The lowest BCUT2D eigenvalue weighted by Crippen LogP contribution is -2.47. The van der Waals surface area contributed by atoms with Crippen LogP contribution in [0.3, 0.4) is 0 Å². The molecule has 0 aromatic heterocycles. The second kappa shape index (κ2) is 7.49. The van der Waals surface area contributed by atoms with Gasteiger partial charge in [0, 0.05) is 11.4 Å². The van der Waals surface area contributed by atoms with Gasteiger partial charge in [-0.25, -0.2) is 0 Å². The van der Waals surface area contributed by atoms with Crippen LogP contribution in [0.1, 0.15) is 22.6 Å². The van der Waals surface area contributed by atoms with Crippen molar-refractivity contribution in [1.82, 2.24) is 5.32 Å². The number of hydrogen-bond donors (Lipinski definition) is 2. The van der Waals surface area contributed by atoms with Crippen molar-refractivity contribution in [3.63, 3.8) is 0 Å². The fourth-order valence-electron chi connectivity index (χ4n) is 3.82. The summed E-state index contributed by atoms with van der Waals surface area (Å²) >= 11 is 6.03. The summed E-state index contributed by atoms with van der Waals surface area (Å²) in [6.07, 6.45) is 0.289. The molecular weight excluding hydrogens is 372 g/mol. The Labute approximate surface area is 168 Å². The first kappa shape index (κ1) is 18.3. The van der Waals surface area contributed by atoms with Crippen LogP contribution in [0.4, 0.5) is 0 Å². The number of halogens is 1. The summed E-state index contributed by atoms with van der Waals surface area (Å²) in [5, 5.41) is 3.43. The van der Waals surface area contributed by atoms with Crippen LogP contribution in [0.5, 0.6) is 0 Å². The van der Waals surface area contributed by atoms with E-state index in [1.807, 2.05) is 54.6 Å². The molecule has 0 radical (unpaired) electrons. The van der Waals surface area contributed by atoms with Gasteiger partial charge in [0.05, 0.1) is 5.92 Å². The van der Waals surface area contributed by atoms with E-state index < -0.39 is 17.9 Å². The van der Waals surface area contributed by atoms with Crippen molar-refractivity contribution in [3.8, 4) is 11.1 Å². The Morgan fingerprint density at radius 2 is 1.54 bits per heavy atom. The molecule has 1 aliphatic carbocycles. The van der Waals surface area contributed by atoms with Crippen LogP contribution >= 0.6 is 11.6 Å². The lowest BCUT2D eigenvalue weighted by Gasteiger charge is -2.20.